The second kappa shape index (κ2) is 7.05. The molecule has 0 unspecified atom stereocenters. The van der Waals surface area contributed by atoms with E-state index in [0.717, 1.165) is 6.42 Å². The maximum atomic E-state index is 12.7. The molecule has 1 aromatic rings. The molecular weight excluding hydrogens is 248 g/mol. The molecule has 0 aromatic carbocycles. The summed E-state index contributed by atoms with van der Waals surface area (Å²) in [4.78, 5) is 14.9. The quantitative estimate of drug-likeness (QED) is 0.559. The zero-order chi connectivity index (χ0) is 13.5. The minimum absolute atomic E-state index is 0.0486. The Balaban J connectivity index is 2.83. The zero-order valence-electron chi connectivity index (χ0n) is 10.2. The summed E-state index contributed by atoms with van der Waals surface area (Å²) in [5.74, 6) is -1.55. The number of halogens is 2. The molecule has 1 aromatic heterocycles. The van der Waals surface area contributed by atoms with Gasteiger partial charge in [-0.05, 0) is 13.3 Å². The van der Waals surface area contributed by atoms with Gasteiger partial charge in [0.25, 0.3) is 6.43 Å². The van der Waals surface area contributed by atoms with Crippen LogP contribution < -0.4 is 0 Å². The fraction of sp³-hybridized carbons (Fsp3) is 0.636. The third kappa shape index (κ3) is 3.76. The number of carbonyl (C=O) groups excluding carboxylic acids is 1. The molecule has 0 spiro atoms. The fourth-order valence-corrected chi connectivity index (χ4v) is 1.23. The van der Waals surface area contributed by atoms with Crippen molar-refractivity contribution in [1.82, 2.24) is 4.98 Å². The van der Waals surface area contributed by atoms with Crippen LogP contribution in [0.3, 0.4) is 0 Å². The smallest absolute Gasteiger partial charge is 0.376 e. The van der Waals surface area contributed by atoms with Gasteiger partial charge in [-0.2, -0.15) is 0 Å². The number of ether oxygens (including phenoxy) is 2. The molecule has 5 nitrogen and oxygen atoms in total. The predicted molar refractivity (Wildman–Crippen MR) is 57.4 cm³/mol. The predicted octanol–water partition coefficient (Wildman–Crippen LogP) is 2.72. The standard InChI is InChI=1S/C11H15F2NO4/c1-3-5-16-6-7-14-8(10(12)13)9(18-7)11(15)17-4-2/h10H,3-6H2,1-2H3. The Morgan fingerprint density at radius 2 is 2.17 bits per heavy atom. The average Bonchev–Trinajstić information content (AvgIpc) is 2.74. The van der Waals surface area contributed by atoms with Crippen LogP contribution in [0.4, 0.5) is 8.78 Å². The van der Waals surface area contributed by atoms with Gasteiger partial charge in [0.05, 0.1) is 6.61 Å². The summed E-state index contributed by atoms with van der Waals surface area (Å²) in [6.07, 6.45) is -2.11. The van der Waals surface area contributed by atoms with E-state index in [4.69, 9.17) is 9.15 Å². The van der Waals surface area contributed by atoms with Crippen LogP contribution in [0.5, 0.6) is 0 Å². The second-order valence-corrected chi connectivity index (χ2v) is 3.40. The van der Waals surface area contributed by atoms with Crippen LogP contribution in [-0.2, 0) is 16.1 Å². The first kappa shape index (κ1) is 14.6. The number of nitrogens with zero attached hydrogens (tertiary/aromatic N) is 1. The van der Waals surface area contributed by atoms with E-state index in [2.05, 4.69) is 9.72 Å². The molecule has 0 bridgehead atoms. The fourth-order valence-electron chi connectivity index (χ4n) is 1.23. The molecule has 0 atom stereocenters. The lowest BCUT2D eigenvalue weighted by Crippen LogP contribution is -2.06. The summed E-state index contributed by atoms with van der Waals surface area (Å²) in [7, 11) is 0. The molecule has 0 saturated carbocycles. The lowest BCUT2D eigenvalue weighted by molar-refractivity contribution is 0.0465. The number of aromatic nitrogens is 1. The molecule has 1 rings (SSSR count). The van der Waals surface area contributed by atoms with Crippen LogP contribution in [0, 0.1) is 0 Å². The van der Waals surface area contributed by atoms with Gasteiger partial charge < -0.3 is 13.9 Å². The van der Waals surface area contributed by atoms with Gasteiger partial charge in [0, 0.05) is 6.61 Å². The van der Waals surface area contributed by atoms with Gasteiger partial charge in [-0.25, -0.2) is 18.6 Å². The van der Waals surface area contributed by atoms with Crippen molar-refractivity contribution in [2.45, 2.75) is 33.3 Å². The van der Waals surface area contributed by atoms with Crippen molar-refractivity contribution in [3.05, 3.63) is 17.3 Å². The monoisotopic (exact) mass is 263 g/mol. The van der Waals surface area contributed by atoms with E-state index in [1.54, 1.807) is 6.92 Å². The summed E-state index contributed by atoms with van der Waals surface area (Å²) in [6, 6.07) is 0. The van der Waals surface area contributed by atoms with Gasteiger partial charge in [-0.3, -0.25) is 0 Å². The van der Waals surface area contributed by atoms with Crippen molar-refractivity contribution < 1.29 is 27.5 Å². The van der Waals surface area contributed by atoms with Crippen molar-refractivity contribution in [3.8, 4) is 0 Å². The van der Waals surface area contributed by atoms with Gasteiger partial charge in [0.1, 0.15) is 6.61 Å². The minimum Gasteiger partial charge on any atom is -0.460 e. The van der Waals surface area contributed by atoms with Crippen molar-refractivity contribution in [2.75, 3.05) is 13.2 Å². The second-order valence-electron chi connectivity index (χ2n) is 3.40. The summed E-state index contributed by atoms with van der Waals surface area (Å²) in [5.41, 5.74) is -0.705. The maximum Gasteiger partial charge on any atom is 0.376 e. The third-order valence-electron chi connectivity index (χ3n) is 1.94. The van der Waals surface area contributed by atoms with E-state index < -0.39 is 23.8 Å². The highest BCUT2D eigenvalue weighted by Gasteiger charge is 2.27. The Morgan fingerprint density at radius 3 is 2.72 bits per heavy atom. The van der Waals surface area contributed by atoms with E-state index in [1.165, 1.54) is 0 Å². The number of carbonyl (C=O) groups is 1. The Morgan fingerprint density at radius 1 is 1.44 bits per heavy atom. The molecule has 0 aliphatic rings. The first-order valence-electron chi connectivity index (χ1n) is 5.62. The first-order chi connectivity index (χ1) is 8.60. The van der Waals surface area contributed by atoms with Crippen molar-refractivity contribution in [3.63, 3.8) is 0 Å². The minimum atomic E-state index is -2.90. The topological polar surface area (TPSA) is 61.6 Å². The molecule has 0 aliphatic heterocycles. The number of oxazole rings is 1. The van der Waals surface area contributed by atoms with Crippen molar-refractivity contribution >= 4 is 5.97 Å². The molecule has 0 aliphatic carbocycles. The van der Waals surface area contributed by atoms with Gasteiger partial charge in [-0.15, -0.1) is 0 Å². The molecular formula is C11H15F2NO4. The van der Waals surface area contributed by atoms with Gasteiger partial charge in [0.15, 0.2) is 5.69 Å². The van der Waals surface area contributed by atoms with E-state index in [-0.39, 0.29) is 19.1 Å². The number of hydrogen-bond acceptors (Lipinski definition) is 5. The summed E-state index contributed by atoms with van der Waals surface area (Å²) in [5, 5.41) is 0. The van der Waals surface area contributed by atoms with Crippen LogP contribution >= 0.6 is 0 Å². The largest absolute Gasteiger partial charge is 0.460 e. The third-order valence-corrected chi connectivity index (χ3v) is 1.94. The molecule has 1 heterocycles. The number of alkyl halides is 2. The van der Waals surface area contributed by atoms with Crippen molar-refractivity contribution in [1.29, 1.82) is 0 Å². The highest BCUT2D eigenvalue weighted by atomic mass is 19.3. The first-order valence-corrected chi connectivity index (χ1v) is 5.62. The van der Waals surface area contributed by atoms with Gasteiger partial charge >= 0.3 is 5.97 Å². The molecule has 7 heteroatoms. The molecule has 0 fully saturated rings. The lowest BCUT2D eigenvalue weighted by Gasteiger charge is -1.99. The molecule has 18 heavy (non-hydrogen) atoms. The van der Waals surface area contributed by atoms with Crippen molar-refractivity contribution in [2.24, 2.45) is 0 Å². The summed E-state index contributed by atoms with van der Waals surface area (Å²) in [6.45, 7) is 3.96. The maximum absolute atomic E-state index is 12.7. The van der Waals surface area contributed by atoms with Crippen LogP contribution in [0.1, 0.15) is 48.8 Å². The zero-order valence-corrected chi connectivity index (χ0v) is 10.2. The SMILES string of the molecule is CCCOCc1nc(C(F)F)c(C(=O)OCC)o1. The van der Waals surface area contributed by atoms with E-state index in [1.807, 2.05) is 6.92 Å². The van der Waals surface area contributed by atoms with Gasteiger partial charge in [0.2, 0.25) is 11.7 Å². The Kier molecular flexibility index (Phi) is 5.70. The summed E-state index contributed by atoms with van der Waals surface area (Å²) < 4.78 is 40.0. The number of esters is 1. The average molecular weight is 263 g/mol. The molecule has 0 amide bonds. The van der Waals surface area contributed by atoms with E-state index >= 15 is 0 Å². The molecule has 0 N–H and O–H groups in total. The lowest BCUT2D eigenvalue weighted by atomic mass is 10.3. The number of rotatable bonds is 7. The Hall–Kier alpha value is -1.50. The van der Waals surface area contributed by atoms with E-state index in [0.29, 0.717) is 6.61 Å². The highest BCUT2D eigenvalue weighted by molar-refractivity contribution is 5.87. The molecule has 0 saturated heterocycles. The van der Waals surface area contributed by atoms with Crippen LogP contribution in [-0.4, -0.2) is 24.2 Å². The summed E-state index contributed by atoms with van der Waals surface area (Å²) >= 11 is 0. The Labute approximate surface area is 103 Å². The van der Waals surface area contributed by atoms with Crippen LogP contribution in [0.15, 0.2) is 4.42 Å². The van der Waals surface area contributed by atoms with Crippen LogP contribution in [0.25, 0.3) is 0 Å². The molecule has 102 valence electrons. The highest BCUT2D eigenvalue weighted by Crippen LogP contribution is 2.24. The number of hydrogen-bond donors (Lipinski definition) is 0. The van der Waals surface area contributed by atoms with E-state index in [9.17, 15) is 13.6 Å². The Bertz CT molecular complexity index is 392. The van der Waals surface area contributed by atoms with Gasteiger partial charge in [-0.1, -0.05) is 6.92 Å². The van der Waals surface area contributed by atoms with Crippen LogP contribution in [0.2, 0.25) is 0 Å². The normalized spacial score (nSPS) is 10.9. The molecule has 0 radical (unpaired) electrons.